The van der Waals surface area contributed by atoms with Crippen LogP contribution < -0.4 is 0 Å². The fourth-order valence-corrected chi connectivity index (χ4v) is 2.82. The molecule has 1 N–H and O–H groups in total. The maximum Gasteiger partial charge on any atom is 0.347 e. The van der Waals surface area contributed by atoms with Gasteiger partial charge < -0.3 is 5.11 Å². The molecular formula is C6H4Br2O2S. The van der Waals surface area contributed by atoms with Crippen LogP contribution in [0.25, 0.3) is 0 Å². The van der Waals surface area contributed by atoms with Gasteiger partial charge in [-0.25, -0.2) is 4.79 Å². The van der Waals surface area contributed by atoms with Crippen molar-refractivity contribution in [3.05, 3.63) is 18.7 Å². The van der Waals surface area contributed by atoms with Gasteiger partial charge in [0.25, 0.3) is 0 Å². The van der Waals surface area contributed by atoms with E-state index in [9.17, 15) is 4.79 Å². The van der Waals surface area contributed by atoms with Gasteiger partial charge in [0.05, 0.1) is 4.47 Å². The van der Waals surface area contributed by atoms with E-state index < -0.39 is 5.97 Å². The Kier molecular flexibility index (Phi) is 2.72. The van der Waals surface area contributed by atoms with Gasteiger partial charge in [-0.1, -0.05) is 0 Å². The minimum absolute atomic E-state index is 0.342. The molecule has 0 radical (unpaired) electrons. The molecule has 1 heterocycles. The van der Waals surface area contributed by atoms with Gasteiger partial charge in [0.1, 0.15) is 4.88 Å². The molecule has 5 heteroatoms. The molecule has 0 unspecified atom stereocenters. The Morgan fingerprint density at radius 3 is 2.18 bits per heavy atom. The van der Waals surface area contributed by atoms with Gasteiger partial charge in [-0.3, -0.25) is 0 Å². The first-order valence-electron chi connectivity index (χ1n) is 2.71. The van der Waals surface area contributed by atoms with E-state index in [4.69, 9.17) is 5.11 Å². The van der Waals surface area contributed by atoms with Crippen molar-refractivity contribution in [2.45, 2.75) is 6.92 Å². The normalized spacial score (nSPS) is 10.1. The van der Waals surface area contributed by atoms with E-state index in [1.54, 1.807) is 0 Å². The van der Waals surface area contributed by atoms with Crippen molar-refractivity contribution < 1.29 is 9.90 Å². The zero-order valence-electron chi connectivity index (χ0n) is 5.52. The van der Waals surface area contributed by atoms with Gasteiger partial charge in [0.2, 0.25) is 0 Å². The number of carboxylic acids is 1. The second kappa shape index (κ2) is 3.25. The van der Waals surface area contributed by atoms with Crippen LogP contribution in [0.15, 0.2) is 8.95 Å². The molecule has 1 aromatic rings. The lowest BCUT2D eigenvalue weighted by Crippen LogP contribution is -1.91. The first kappa shape index (κ1) is 9.22. The number of carboxylic acid groups (broad SMARTS) is 1. The highest BCUT2D eigenvalue weighted by Gasteiger charge is 2.16. The molecule has 60 valence electrons. The van der Waals surface area contributed by atoms with Gasteiger partial charge >= 0.3 is 5.97 Å². The third-order valence-electron chi connectivity index (χ3n) is 1.15. The third-order valence-corrected chi connectivity index (χ3v) is 5.08. The van der Waals surface area contributed by atoms with Crippen LogP contribution in [-0.4, -0.2) is 11.1 Å². The fraction of sp³-hybridized carbons (Fsp3) is 0.167. The van der Waals surface area contributed by atoms with E-state index in [0.717, 1.165) is 9.35 Å². The molecular weight excluding hydrogens is 296 g/mol. The van der Waals surface area contributed by atoms with Crippen molar-refractivity contribution in [2.75, 3.05) is 0 Å². The van der Waals surface area contributed by atoms with Crippen molar-refractivity contribution in [3.8, 4) is 0 Å². The molecule has 0 aliphatic heterocycles. The van der Waals surface area contributed by atoms with E-state index in [2.05, 4.69) is 31.9 Å². The summed E-state index contributed by atoms with van der Waals surface area (Å²) in [6, 6.07) is 0. The Hall–Kier alpha value is 0.130. The minimum atomic E-state index is -0.893. The van der Waals surface area contributed by atoms with Crippen LogP contribution >= 0.6 is 43.2 Å². The molecule has 0 aliphatic carbocycles. The molecule has 0 atom stereocenters. The van der Waals surface area contributed by atoms with Crippen LogP contribution in [0.3, 0.4) is 0 Å². The number of rotatable bonds is 1. The van der Waals surface area contributed by atoms with Gasteiger partial charge in [-0.2, -0.15) is 0 Å². The second-order valence-corrected chi connectivity index (χ2v) is 4.73. The smallest absolute Gasteiger partial charge is 0.347 e. The number of hydrogen-bond donors (Lipinski definition) is 1. The molecule has 0 spiro atoms. The van der Waals surface area contributed by atoms with Gasteiger partial charge in [-0.15, -0.1) is 11.3 Å². The maximum absolute atomic E-state index is 10.5. The van der Waals surface area contributed by atoms with Crippen LogP contribution in [0, 0.1) is 6.92 Å². The highest BCUT2D eigenvalue weighted by atomic mass is 79.9. The Labute approximate surface area is 84.5 Å². The Bertz CT molecular complexity index is 306. The van der Waals surface area contributed by atoms with Crippen molar-refractivity contribution in [3.63, 3.8) is 0 Å². The third kappa shape index (κ3) is 1.65. The quantitative estimate of drug-likeness (QED) is 0.864. The van der Waals surface area contributed by atoms with E-state index in [0.29, 0.717) is 9.35 Å². The summed E-state index contributed by atoms with van der Waals surface area (Å²) in [5.74, 6) is -0.893. The number of carbonyl (C=O) groups is 1. The molecule has 1 aromatic heterocycles. The zero-order chi connectivity index (χ0) is 8.59. The van der Waals surface area contributed by atoms with Crippen LogP contribution in [0.2, 0.25) is 0 Å². The van der Waals surface area contributed by atoms with Crippen molar-refractivity contribution in [2.24, 2.45) is 0 Å². The molecule has 0 saturated carbocycles. The Balaban J connectivity index is 3.29. The number of aromatic carboxylic acids is 1. The molecule has 0 aliphatic rings. The molecule has 0 aromatic carbocycles. The first-order chi connectivity index (χ1) is 5.04. The van der Waals surface area contributed by atoms with E-state index >= 15 is 0 Å². The number of hydrogen-bond acceptors (Lipinski definition) is 2. The average Bonchev–Trinajstić information content (AvgIpc) is 2.17. The summed E-state index contributed by atoms with van der Waals surface area (Å²) < 4.78 is 1.47. The van der Waals surface area contributed by atoms with Gasteiger partial charge in [0.15, 0.2) is 0 Å². The van der Waals surface area contributed by atoms with Crippen LogP contribution in [-0.2, 0) is 0 Å². The standard InChI is InChI=1S/C6H4Br2O2S/c1-2-3(7)4(8)5(11-2)6(9)10/h1H3,(H,9,10). The van der Waals surface area contributed by atoms with Crippen LogP contribution in [0.4, 0.5) is 0 Å². The topological polar surface area (TPSA) is 37.3 Å². The summed E-state index contributed by atoms with van der Waals surface area (Å²) in [6.07, 6.45) is 0. The largest absolute Gasteiger partial charge is 0.477 e. The highest BCUT2D eigenvalue weighted by Crippen LogP contribution is 2.36. The molecule has 1 rings (SSSR count). The molecule has 0 fully saturated rings. The predicted octanol–water partition coefficient (Wildman–Crippen LogP) is 3.28. The molecule has 0 amide bonds. The number of aryl methyl sites for hydroxylation is 1. The zero-order valence-corrected chi connectivity index (χ0v) is 9.51. The Morgan fingerprint density at radius 1 is 1.45 bits per heavy atom. The number of halogens is 2. The predicted molar refractivity (Wildman–Crippen MR) is 51.4 cm³/mol. The second-order valence-electron chi connectivity index (χ2n) is 1.92. The first-order valence-corrected chi connectivity index (χ1v) is 5.12. The lowest BCUT2D eigenvalue weighted by Gasteiger charge is -1.87. The van der Waals surface area contributed by atoms with Crippen molar-refractivity contribution in [1.82, 2.24) is 0 Å². The SMILES string of the molecule is Cc1sc(C(=O)O)c(Br)c1Br. The summed E-state index contributed by atoms with van der Waals surface area (Å²) in [5, 5.41) is 8.66. The lowest BCUT2D eigenvalue weighted by atomic mass is 10.4. The molecule has 11 heavy (non-hydrogen) atoms. The van der Waals surface area contributed by atoms with Gasteiger partial charge in [-0.05, 0) is 38.8 Å². The summed E-state index contributed by atoms with van der Waals surface area (Å²) in [5.41, 5.74) is 0. The molecule has 0 bridgehead atoms. The number of thiophene rings is 1. The molecule has 0 saturated heterocycles. The van der Waals surface area contributed by atoms with Gasteiger partial charge in [0, 0.05) is 9.35 Å². The summed E-state index contributed by atoms with van der Waals surface area (Å²) in [4.78, 5) is 11.9. The van der Waals surface area contributed by atoms with Crippen LogP contribution in [0.1, 0.15) is 14.5 Å². The lowest BCUT2D eigenvalue weighted by molar-refractivity contribution is 0.0701. The summed E-state index contributed by atoms with van der Waals surface area (Å²) in [6.45, 7) is 1.87. The van der Waals surface area contributed by atoms with Crippen molar-refractivity contribution >= 4 is 49.2 Å². The van der Waals surface area contributed by atoms with Crippen molar-refractivity contribution in [1.29, 1.82) is 0 Å². The average molecular weight is 300 g/mol. The monoisotopic (exact) mass is 298 g/mol. The highest BCUT2D eigenvalue weighted by molar-refractivity contribution is 9.13. The minimum Gasteiger partial charge on any atom is -0.477 e. The van der Waals surface area contributed by atoms with Crippen LogP contribution in [0.5, 0.6) is 0 Å². The Morgan fingerprint density at radius 2 is 2.00 bits per heavy atom. The fourth-order valence-electron chi connectivity index (χ4n) is 0.634. The van der Waals surface area contributed by atoms with E-state index in [1.165, 1.54) is 11.3 Å². The summed E-state index contributed by atoms with van der Waals surface area (Å²) in [7, 11) is 0. The molecule has 2 nitrogen and oxygen atoms in total. The maximum atomic E-state index is 10.5. The summed E-state index contributed by atoms with van der Waals surface area (Å²) >= 11 is 7.71. The van der Waals surface area contributed by atoms with E-state index in [-0.39, 0.29) is 0 Å². The van der Waals surface area contributed by atoms with E-state index in [1.807, 2.05) is 6.92 Å².